The second kappa shape index (κ2) is 4.30. The molecule has 2 heteroatoms. The SMILES string of the molecule is CC(C)[NH+]1CC[NH+]([C@@H]2C[C@H]3CC[C@@H]2C3)CC1. The predicted molar refractivity (Wildman–Crippen MR) is 65.8 cm³/mol. The van der Waals surface area contributed by atoms with Crippen molar-refractivity contribution in [2.45, 2.75) is 51.6 Å². The first-order chi connectivity index (χ1) is 7.74. The largest absolute Gasteiger partial charge is 0.324 e. The van der Waals surface area contributed by atoms with Crippen LogP contribution in [-0.4, -0.2) is 38.3 Å². The van der Waals surface area contributed by atoms with Crippen LogP contribution in [0.1, 0.15) is 39.5 Å². The molecule has 0 aromatic rings. The zero-order chi connectivity index (χ0) is 11.1. The van der Waals surface area contributed by atoms with Crippen molar-refractivity contribution in [3.63, 3.8) is 0 Å². The normalized spacial score (nSPS) is 47.8. The Kier molecular flexibility index (Phi) is 2.97. The summed E-state index contributed by atoms with van der Waals surface area (Å²) in [5.41, 5.74) is 0. The van der Waals surface area contributed by atoms with Gasteiger partial charge in [-0.05, 0) is 39.0 Å². The van der Waals surface area contributed by atoms with E-state index in [9.17, 15) is 0 Å². The van der Waals surface area contributed by atoms with Gasteiger partial charge in [0.15, 0.2) is 0 Å². The zero-order valence-corrected chi connectivity index (χ0v) is 11.0. The summed E-state index contributed by atoms with van der Waals surface area (Å²) in [7, 11) is 0. The number of piperazine rings is 1. The molecule has 1 aliphatic heterocycles. The van der Waals surface area contributed by atoms with Gasteiger partial charge in [0.1, 0.15) is 26.2 Å². The van der Waals surface area contributed by atoms with Gasteiger partial charge in [-0.3, -0.25) is 0 Å². The van der Waals surface area contributed by atoms with Crippen LogP contribution in [-0.2, 0) is 0 Å². The summed E-state index contributed by atoms with van der Waals surface area (Å²) < 4.78 is 0. The van der Waals surface area contributed by atoms with Gasteiger partial charge in [-0.15, -0.1) is 0 Å². The maximum atomic E-state index is 2.37. The van der Waals surface area contributed by atoms with E-state index in [0.717, 1.165) is 23.9 Å². The van der Waals surface area contributed by atoms with E-state index in [1.807, 2.05) is 9.80 Å². The summed E-state index contributed by atoms with van der Waals surface area (Å²) >= 11 is 0. The Bertz CT molecular complexity index is 243. The molecule has 0 amide bonds. The third-order valence-corrected chi connectivity index (χ3v) is 5.61. The molecule has 0 aromatic carbocycles. The topological polar surface area (TPSA) is 8.88 Å². The van der Waals surface area contributed by atoms with E-state index in [-0.39, 0.29) is 0 Å². The number of fused-ring (bicyclic) bond motifs is 2. The lowest BCUT2D eigenvalue weighted by Crippen LogP contribution is -3.31. The van der Waals surface area contributed by atoms with Gasteiger partial charge in [-0.2, -0.15) is 0 Å². The summed E-state index contributed by atoms with van der Waals surface area (Å²) in [6.07, 6.45) is 6.25. The lowest BCUT2D eigenvalue weighted by molar-refractivity contribution is -1.03. The van der Waals surface area contributed by atoms with Crippen LogP contribution in [0.5, 0.6) is 0 Å². The van der Waals surface area contributed by atoms with Crippen LogP contribution >= 0.6 is 0 Å². The molecule has 2 nitrogen and oxygen atoms in total. The fourth-order valence-electron chi connectivity index (χ4n) is 4.59. The molecular weight excluding hydrogens is 196 g/mol. The van der Waals surface area contributed by atoms with Crippen LogP contribution < -0.4 is 9.80 Å². The maximum Gasteiger partial charge on any atom is 0.127 e. The Morgan fingerprint density at radius 2 is 1.69 bits per heavy atom. The van der Waals surface area contributed by atoms with Gasteiger partial charge < -0.3 is 9.80 Å². The Hall–Kier alpha value is -0.0800. The highest BCUT2D eigenvalue weighted by Gasteiger charge is 2.46. The summed E-state index contributed by atoms with van der Waals surface area (Å²) in [5.74, 6) is 2.23. The molecular formula is C14H28N2+2. The molecule has 0 aromatic heterocycles. The minimum atomic E-state index is 0.835. The van der Waals surface area contributed by atoms with Crippen molar-refractivity contribution in [1.29, 1.82) is 0 Å². The summed E-state index contributed by atoms with van der Waals surface area (Å²) in [5, 5.41) is 0. The Morgan fingerprint density at radius 3 is 2.19 bits per heavy atom. The van der Waals surface area contributed by atoms with Gasteiger partial charge in [0.05, 0.1) is 12.1 Å². The third-order valence-electron chi connectivity index (χ3n) is 5.61. The number of hydrogen-bond donors (Lipinski definition) is 2. The second-order valence-electron chi connectivity index (χ2n) is 6.75. The molecule has 2 bridgehead atoms. The molecule has 2 aliphatic carbocycles. The third kappa shape index (κ3) is 1.91. The average molecular weight is 224 g/mol. The molecule has 1 saturated heterocycles. The first-order valence-corrected chi connectivity index (χ1v) is 7.43. The number of hydrogen-bond acceptors (Lipinski definition) is 0. The summed E-state index contributed by atoms with van der Waals surface area (Å²) in [4.78, 5) is 3.81. The standard InChI is InChI=1S/C14H26N2/c1-11(2)15-5-7-16(8-6-15)14-10-12-3-4-13(14)9-12/h11-14H,3-10H2,1-2H3/p+2/t12-,13+,14+/m0/s1. The van der Waals surface area contributed by atoms with E-state index in [4.69, 9.17) is 0 Å². The van der Waals surface area contributed by atoms with Gasteiger partial charge in [0.2, 0.25) is 0 Å². The van der Waals surface area contributed by atoms with E-state index >= 15 is 0 Å². The van der Waals surface area contributed by atoms with Crippen LogP contribution in [0.15, 0.2) is 0 Å². The van der Waals surface area contributed by atoms with Gasteiger partial charge in [0.25, 0.3) is 0 Å². The molecule has 92 valence electrons. The molecule has 0 spiro atoms. The minimum Gasteiger partial charge on any atom is -0.324 e. The lowest BCUT2D eigenvalue weighted by Gasteiger charge is -2.37. The Morgan fingerprint density at radius 1 is 0.938 bits per heavy atom. The molecule has 0 radical (unpaired) electrons. The van der Waals surface area contributed by atoms with Crippen LogP contribution in [0, 0.1) is 11.8 Å². The lowest BCUT2D eigenvalue weighted by atomic mass is 9.93. The van der Waals surface area contributed by atoms with Crippen molar-refractivity contribution in [3.8, 4) is 0 Å². The molecule has 2 N–H and O–H groups in total. The van der Waals surface area contributed by atoms with Crippen LogP contribution in [0.3, 0.4) is 0 Å². The van der Waals surface area contributed by atoms with E-state index in [1.165, 1.54) is 26.2 Å². The van der Waals surface area contributed by atoms with Crippen molar-refractivity contribution in [1.82, 2.24) is 0 Å². The van der Waals surface area contributed by atoms with Crippen LogP contribution in [0.2, 0.25) is 0 Å². The molecule has 1 heterocycles. The fourth-order valence-corrected chi connectivity index (χ4v) is 4.59. The summed E-state index contributed by atoms with van der Waals surface area (Å²) in [6.45, 7) is 10.5. The molecule has 3 fully saturated rings. The van der Waals surface area contributed by atoms with Gasteiger partial charge in [-0.1, -0.05) is 0 Å². The highest BCUT2D eigenvalue weighted by molar-refractivity contribution is 4.90. The molecule has 3 aliphatic rings. The van der Waals surface area contributed by atoms with Crippen molar-refractivity contribution in [2.75, 3.05) is 26.2 Å². The zero-order valence-electron chi connectivity index (χ0n) is 11.0. The quantitative estimate of drug-likeness (QED) is 0.618. The number of nitrogens with one attached hydrogen (secondary N) is 2. The van der Waals surface area contributed by atoms with E-state index < -0.39 is 0 Å². The van der Waals surface area contributed by atoms with E-state index in [1.54, 1.807) is 25.7 Å². The fraction of sp³-hybridized carbons (Fsp3) is 1.00. The van der Waals surface area contributed by atoms with Crippen molar-refractivity contribution >= 4 is 0 Å². The van der Waals surface area contributed by atoms with Gasteiger partial charge >= 0.3 is 0 Å². The summed E-state index contributed by atoms with van der Waals surface area (Å²) in [6, 6.07) is 1.90. The van der Waals surface area contributed by atoms with Gasteiger partial charge in [-0.25, -0.2) is 0 Å². The number of quaternary nitrogens is 2. The highest BCUT2D eigenvalue weighted by Crippen LogP contribution is 2.43. The van der Waals surface area contributed by atoms with E-state index in [0.29, 0.717) is 0 Å². The van der Waals surface area contributed by atoms with Gasteiger partial charge in [0, 0.05) is 12.3 Å². The Labute approximate surface area is 100.0 Å². The highest BCUT2D eigenvalue weighted by atomic mass is 15.3. The Balaban J connectivity index is 1.54. The number of rotatable bonds is 2. The van der Waals surface area contributed by atoms with Crippen LogP contribution in [0.25, 0.3) is 0 Å². The molecule has 16 heavy (non-hydrogen) atoms. The minimum absolute atomic E-state index is 0.835. The predicted octanol–water partition coefficient (Wildman–Crippen LogP) is -0.633. The van der Waals surface area contributed by atoms with E-state index in [2.05, 4.69) is 13.8 Å². The first-order valence-electron chi connectivity index (χ1n) is 7.43. The van der Waals surface area contributed by atoms with Crippen molar-refractivity contribution < 1.29 is 9.80 Å². The smallest absolute Gasteiger partial charge is 0.127 e. The van der Waals surface area contributed by atoms with Crippen molar-refractivity contribution in [3.05, 3.63) is 0 Å². The first kappa shape index (κ1) is 11.0. The maximum absolute atomic E-state index is 2.37. The molecule has 3 rings (SSSR count). The second-order valence-corrected chi connectivity index (χ2v) is 6.75. The van der Waals surface area contributed by atoms with Crippen LogP contribution in [0.4, 0.5) is 0 Å². The molecule has 3 atom stereocenters. The molecule has 2 saturated carbocycles. The molecule has 0 unspecified atom stereocenters. The monoisotopic (exact) mass is 224 g/mol. The van der Waals surface area contributed by atoms with Crippen molar-refractivity contribution in [2.24, 2.45) is 11.8 Å². The average Bonchev–Trinajstić information content (AvgIpc) is 2.91.